The van der Waals surface area contributed by atoms with Crippen molar-refractivity contribution in [2.24, 2.45) is 0 Å². The van der Waals surface area contributed by atoms with Gasteiger partial charge in [0.15, 0.2) is 0 Å². The molecule has 1 heterocycles. The molecule has 1 aliphatic heterocycles. The van der Waals surface area contributed by atoms with E-state index in [1.807, 2.05) is 0 Å². The number of nitrogens with zero attached hydrogens (tertiary/aromatic N) is 1. The zero-order valence-corrected chi connectivity index (χ0v) is 12.2. The maximum absolute atomic E-state index is 11.8. The van der Waals surface area contributed by atoms with E-state index in [4.69, 9.17) is 0 Å². The Kier molecular flexibility index (Phi) is 8.06. The number of rotatable bonds is 7. The zero-order chi connectivity index (χ0) is 13.2. The first-order valence-corrected chi connectivity index (χ1v) is 7.78. The van der Waals surface area contributed by atoms with Crippen molar-refractivity contribution >= 4 is 5.91 Å². The smallest absolute Gasteiger partial charge is 0.220 e. The number of hydrogen-bond acceptors (Lipinski definition) is 2. The number of likely N-dealkylation sites (tertiary alicyclic amines) is 1. The average Bonchev–Trinajstić information content (AvgIpc) is 2.59. The van der Waals surface area contributed by atoms with Gasteiger partial charge in [0.25, 0.3) is 0 Å². The normalized spacial score (nSPS) is 21.6. The van der Waals surface area contributed by atoms with Crippen molar-refractivity contribution in [1.29, 1.82) is 0 Å². The first-order valence-electron chi connectivity index (χ1n) is 7.78. The molecule has 1 aliphatic rings. The predicted octanol–water partition coefficient (Wildman–Crippen LogP) is 2.95. The van der Waals surface area contributed by atoms with Gasteiger partial charge in [0, 0.05) is 19.0 Å². The molecule has 1 N–H and O–H groups in total. The first kappa shape index (κ1) is 15.5. The summed E-state index contributed by atoms with van der Waals surface area (Å²) in [5.74, 6) is 0.249. The van der Waals surface area contributed by atoms with E-state index in [1.54, 1.807) is 0 Å². The van der Waals surface area contributed by atoms with Crippen LogP contribution in [0.5, 0.6) is 0 Å². The maximum Gasteiger partial charge on any atom is 0.220 e. The summed E-state index contributed by atoms with van der Waals surface area (Å²) in [5.41, 5.74) is 0. The standard InChI is InChI=1S/C15H30N2O/c1-3-5-10-15(18)16-14-9-7-8-12-17(13-14)11-6-4-2/h14H,3-13H2,1-2H3,(H,16,18). The second-order valence-electron chi connectivity index (χ2n) is 5.52. The third kappa shape index (κ3) is 6.39. The minimum atomic E-state index is 0.249. The van der Waals surface area contributed by atoms with Crippen molar-refractivity contribution in [3.8, 4) is 0 Å². The van der Waals surface area contributed by atoms with Crippen molar-refractivity contribution in [2.45, 2.75) is 71.3 Å². The lowest BCUT2D eigenvalue weighted by Crippen LogP contribution is -2.42. The van der Waals surface area contributed by atoms with Gasteiger partial charge >= 0.3 is 0 Å². The van der Waals surface area contributed by atoms with Crippen molar-refractivity contribution < 1.29 is 4.79 Å². The molecule has 0 aromatic carbocycles. The van der Waals surface area contributed by atoms with Gasteiger partial charge in [0.2, 0.25) is 5.91 Å². The van der Waals surface area contributed by atoms with Crippen LogP contribution in [0.1, 0.15) is 65.2 Å². The van der Waals surface area contributed by atoms with Crippen molar-refractivity contribution in [3.63, 3.8) is 0 Å². The Morgan fingerprint density at radius 1 is 1.22 bits per heavy atom. The minimum absolute atomic E-state index is 0.249. The number of amides is 1. The number of unbranched alkanes of at least 4 members (excludes halogenated alkanes) is 2. The van der Waals surface area contributed by atoms with Crippen molar-refractivity contribution in [1.82, 2.24) is 10.2 Å². The molecule has 3 nitrogen and oxygen atoms in total. The lowest BCUT2D eigenvalue weighted by Gasteiger charge is -2.24. The second kappa shape index (κ2) is 9.37. The Morgan fingerprint density at radius 2 is 2.00 bits per heavy atom. The molecule has 1 atom stereocenters. The topological polar surface area (TPSA) is 32.3 Å². The molecule has 1 fully saturated rings. The molecule has 0 spiro atoms. The molecule has 1 saturated heterocycles. The SMILES string of the molecule is CCCCC(=O)NC1CCCCN(CCCC)C1. The predicted molar refractivity (Wildman–Crippen MR) is 76.7 cm³/mol. The summed E-state index contributed by atoms with van der Waals surface area (Å²) in [6.45, 7) is 7.82. The lowest BCUT2D eigenvalue weighted by molar-refractivity contribution is -0.122. The Balaban J connectivity index is 2.31. The van der Waals surface area contributed by atoms with Gasteiger partial charge in [-0.3, -0.25) is 4.79 Å². The van der Waals surface area contributed by atoms with E-state index >= 15 is 0 Å². The van der Waals surface area contributed by atoms with Gasteiger partial charge in [-0.2, -0.15) is 0 Å². The lowest BCUT2D eigenvalue weighted by atomic mass is 10.1. The van der Waals surface area contributed by atoms with Gasteiger partial charge in [-0.15, -0.1) is 0 Å². The second-order valence-corrected chi connectivity index (χ2v) is 5.52. The third-order valence-electron chi connectivity index (χ3n) is 3.71. The summed E-state index contributed by atoms with van der Waals surface area (Å²) in [7, 11) is 0. The van der Waals surface area contributed by atoms with Gasteiger partial charge in [-0.25, -0.2) is 0 Å². The highest BCUT2D eigenvalue weighted by Crippen LogP contribution is 2.12. The monoisotopic (exact) mass is 254 g/mol. The molecule has 18 heavy (non-hydrogen) atoms. The molecule has 1 rings (SSSR count). The molecule has 106 valence electrons. The summed E-state index contributed by atoms with van der Waals surface area (Å²) in [6, 6.07) is 0.383. The van der Waals surface area contributed by atoms with Crippen LogP contribution in [-0.2, 0) is 4.79 Å². The molecule has 0 aliphatic carbocycles. The van der Waals surface area contributed by atoms with Crippen LogP contribution in [0, 0.1) is 0 Å². The van der Waals surface area contributed by atoms with Crippen LogP contribution in [0.25, 0.3) is 0 Å². The fourth-order valence-corrected chi connectivity index (χ4v) is 2.56. The van der Waals surface area contributed by atoms with Crippen LogP contribution >= 0.6 is 0 Å². The highest BCUT2D eigenvalue weighted by Gasteiger charge is 2.18. The van der Waals surface area contributed by atoms with Gasteiger partial charge < -0.3 is 10.2 Å². The van der Waals surface area contributed by atoms with Gasteiger partial charge in [0.05, 0.1) is 0 Å². The van der Waals surface area contributed by atoms with Crippen molar-refractivity contribution in [2.75, 3.05) is 19.6 Å². The van der Waals surface area contributed by atoms with Crippen LogP contribution in [0.4, 0.5) is 0 Å². The van der Waals surface area contributed by atoms with Crippen LogP contribution in [0.3, 0.4) is 0 Å². The van der Waals surface area contributed by atoms with Gasteiger partial charge in [0.1, 0.15) is 0 Å². The summed E-state index contributed by atoms with van der Waals surface area (Å²) in [6.07, 6.45) is 9.02. The Labute approximate surface area is 112 Å². The quantitative estimate of drug-likeness (QED) is 0.757. The van der Waals surface area contributed by atoms with Crippen LogP contribution in [0.2, 0.25) is 0 Å². The van der Waals surface area contributed by atoms with E-state index in [9.17, 15) is 4.79 Å². The molecule has 3 heteroatoms. The van der Waals surface area contributed by atoms with E-state index in [0.29, 0.717) is 12.5 Å². The molecular formula is C15H30N2O. The molecule has 1 amide bonds. The Hall–Kier alpha value is -0.570. The summed E-state index contributed by atoms with van der Waals surface area (Å²) in [4.78, 5) is 14.3. The van der Waals surface area contributed by atoms with Crippen LogP contribution < -0.4 is 5.32 Å². The maximum atomic E-state index is 11.8. The number of hydrogen-bond donors (Lipinski definition) is 1. The Morgan fingerprint density at radius 3 is 2.72 bits per heavy atom. The van der Waals surface area contributed by atoms with Crippen molar-refractivity contribution in [3.05, 3.63) is 0 Å². The molecule has 0 bridgehead atoms. The van der Waals surface area contributed by atoms with Crippen LogP contribution in [0.15, 0.2) is 0 Å². The fourth-order valence-electron chi connectivity index (χ4n) is 2.56. The minimum Gasteiger partial charge on any atom is -0.352 e. The average molecular weight is 254 g/mol. The fraction of sp³-hybridized carbons (Fsp3) is 0.933. The highest BCUT2D eigenvalue weighted by molar-refractivity contribution is 5.76. The summed E-state index contributed by atoms with van der Waals surface area (Å²) < 4.78 is 0. The Bertz CT molecular complexity index is 231. The molecule has 0 radical (unpaired) electrons. The van der Waals surface area contributed by atoms with E-state index in [0.717, 1.165) is 25.8 Å². The number of carbonyl (C=O) groups is 1. The third-order valence-corrected chi connectivity index (χ3v) is 3.71. The largest absolute Gasteiger partial charge is 0.352 e. The zero-order valence-electron chi connectivity index (χ0n) is 12.2. The van der Waals surface area contributed by atoms with E-state index in [2.05, 4.69) is 24.1 Å². The highest BCUT2D eigenvalue weighted by atomic mass is 16.1. The molecule has 0 aromatic rings. The molecule has 0 aromatic heterocycles. The van der Waals surface area contributed by atoms with E-state index < -0.39 is 0 Å². The van der Waals surface area contributed by atoms with Crippen LogP contribution in [-0.4, -0.2) is 36.5 Å². The summed E-state index contributed by atoms with van der Waals surface area (Å²) in [5, 5.41) is 3.22. The number of carbonyl (C=O) groups excluding carboxylic acids is 1. The summed E-state index contributed by atoms with van der Waals surface area (Å²) >= 11 is 0. The van der Waals surface area contributed by atoms with Gasteiger partial charge in [-0.1, -0.05) is 33.1 Å². The number of nitrogens with one attached hydrogen (secondary N) is 1. The first-order chi connectivity index (χ1) is 8.76. The van der Waals surface area contributed by atoms with E-state index in [1.165, 1.54) is 38.8 Å². The van der Waals surface area contributed by atoms with E-state index in [-0.39, 0.29) is 5.91 Å². The molecule has 0 saturated carbocycles. The molecule has 1 unspecified atom stereocenters. The molecular weight excluding hydrogens is 224 g/mol. The van der Waals surface area contributed by atoms with Gasteiger partial charge in [-0.05, 0) is 38.8 Å².